The second-order valence-corrected chi connectivity index (χ2v) is 14.5. The summed E-state index contributed by atoms with van der Waals surface area (Å²) >= 11 is 0. The summed E-state index contributed by atoms with van der Waals surface area (Å²) < 4.78 is 11.9. The van der Waals surface area contributed by atoms with Gasteiger partial charge in [-0.3, -0.25) is 14.4 Å². The lowest BCUT2D eigenvalue weighted by atomic mass is 9.75. The lowest BCUT2D eigenvalue weighted by molar-refractivity contribution is -0.184. The maximum atomic E-state index is 13.0. The molecule has 0 aliphatic heterocycles. The molecule has 2 rings (SSSR count). The molecule has 13 heteroatoms. The van der Waals surface area contributed by atoms with Gasteiger partial charge in [-0.15, -0.1) is 0 Å². The molecule has 13 nitrogen and oxygen atoms in total. The Morgan fingerprint density at radius 1 is 0.735 bits per heavy atom. The largest absolute Gasteiger partial charge is 0.481 e. The van der Waals surface area contributed by atoms with Crippen molar-refractivity contribution in [1.29, 1.82) is 0 Å². The molecule has 2 aliphatic carbocycles. The van der Waals surface area contributed by atoms with Crippen LogP contribution >= 0.6 is 0 Å². The number of nitrogens with one attached hydrogen (secondary N) is 2. The minimum absolute atomic E-state index is 0.0127. The monoisotopic (exact) mass is 702 g/mol. The van der Waals surface area contributed by atoms with Gasteiger partial charge in [0.1, 0.15) is 12.1 Å². The smallest absolute Gasteiger partial charge is 0.320 e. The molecule has 2 aliphatic rings. The fourth-order valence-corrected chi connectivity index (χ4v) is 7.11. The van der Waals surface area contributed by atoms with E-state index in [0.717, 1.165) is 19.3 Å². The average Bonchev–Trinajstić information content (AvgIpc) is 3.05. The van der Waals surface area contributed by atoms with Crippen LogP contribution in [0.4, 0.5) is 0 Å². The van der Waals surface area contributed by atoms with E-state index in [1.165, 1.54) is 44.9 Å². The maximum absolute atomic E-state index is 13.0. The Morgan fingerprint density at radius 2 is 1.37 bits per heavy atom. The molecule has 2 saturated carbocycles. The molecule has 286 valence electrons. The van der Waals surface area contributed by atoms with Crippen LogP contribution in [0.3, 0.4) is 0 Å². The number of unbranched alkanes of at least 4 members (excludes halogenated alkanes) is 10. The Labute approximate surface area is 292 Å². The Balaban J connectivity index is 1.79. The van der Waals surface area contributed by atoms with E-state index in [1.54, 1.807) is 0 Å². The van der Waals surface area contributed by atoms with Gasteiger partial charge in [-0.2, -0.15) is 0 Å². The number of amides is 1. The Hall–Kier alpha value is -1.87. The minimum Gasteiger partial charge on any atom is -0.481 e. The van der Waals surface area contributed by atoms with Gasteiger partial charge in [-0.1, -0.05) is 78.6 Å². The number of aliphatic carboxylic acids is 2. The summed E-state index contributed by atoms with van der Waals surface area (Å²) in [6.45, 7) is 6.47. The van der Waals surface area contributed by atoms with Crippen molar-refractivity contribution in [1.82, 2.24) is 10.6 Å². The van der Waals surface area contributed by atoms with Gasteiger partial charge in [0.15, 0.2) is 0 Å². The molecule has 0 aromatic rings. The maximum Gasteiger partial charge on any atom is 0.320 e. The fourth-order valence-electron chi connectivity index (χ4n) is 7.11. The predicted molar refractivity (Wildman–Crippen MR) is 184 cm³/mol. The Kier molecular flexibility index (Phi) is 20.8. The number of carboxylic acid groups (broad SMARTS) is 2. The van der Waals surface area contributed by atoms with Crippen molar-refractivity contribution >= 4 is 17.8 Å². The first kappa shape index (κ1) is 43.3. The summed E-state index contributed by atoms with van der Waals surface area (Å²) in [7, 11) is 0. The number of hydrogen-bond acceptors (Lipinski definition) is 10. The zero-order chi connectivity index (χ0) is 36.3. The molecule has 10 atom stereocenters. The average molecular weight is 703 g/mol. The highest BCUT2D eigenvalue weighted by Crippen LogP contribution is 2.34. The quantitative estimate of drug-likeness (QED) is 0.0645. The summed E-state index contributed by atoms with van der Waals surface area (Å²) in [5, 5.41) is 67.7. The normalized spacial score (nSPS) is 29.5. The highest BCUT2D eigenvalue weighted by atomic mass is 16.5. The van der Waals surface area contributed by atoms with Crippen LogP contribution < -0.4 is 10.6 Å². The molecule has 0 heterocycles. The van der Waals surface area contributed by atoms with Crippen molar-refractivity contribution in [2.75, 3.05) is 19.8 Å². The van der Waals surface area contributed by atoms with Crippen LogP contribution in [-0.4, -0.2) is 117 Å². The molecular weight excluding hydrogens is 636 g/mol. The second-order valence-electron chi connectivity index (χ2n) is 14.5. The first-order valence-corrected chi connectivity index (χ1v) is 18.8. The van der Waals surface area contributed by atoms with E-state index in [4.69, 9.17) is 9.47 Å². The van der Waals surface area contributed by atoms with Crippen LogP contribution in [-0.2, 0) is 23.9 Å². The van der Waals surface area contributed by atoms with Crippen LogP contribution in [0.25, 0.3) is 0 Å². The molecule has 49 heavy (non-hydrogen) atoms. The van der Waals surface area contributed by atoms with E-state index in [-0.39, 0.29) is 38.5 Å². The zero-order valence-electron chi connectivity index (χ0n) is 30.0. The van der Waals surface area contributed by atoms with Crippen molar-refractivity contribution in [3.8, 4) is 0 Å². The third kappa shape index (κ3) is 15.5. The van der Waals surface area contributed by atoms with Gasteiger partial charge in [-0.25, -0.2) is 0 Å². The van der Waals surface area contributed by atoms with Gasteiger partial charge in [0.2, 0.25) is 5.91 Å². The van der Waals surface area contributed by atoms with E-state index in [0.29, 0.717) is 25.9 Å². The SMILES string of the molecule is CCCCCCCCCCCCOC1C[C@@H](O)[C@H](OC[C@@H]2C[C@H](C(=O)NCCCC[C@H](NC(C)C)C(=O)O)[C@@H](O)[C@H](O)[C@H]2O)[C@@H](C(=O)O)C1. The lowest BCUT2D eigenvalue weighted by Crippen LogP contribution is -2.56. The van der Waals surface area contributed by atoms with Crippen LogP contribution in [0.5, 0.6) is 0 Å². The number of ether oxygens (including phenoxy) is 2. The number of carboxylic acids is 2. The fraction of sp³-hybridized carbons (Fsp3) is 0.917. The van der Waals surface area contributed by atoms with Crippen LogP contribution in [0.15, 0.2) is 0 Å². The summed E-state index contributed by atoms with van der Waals surface area (Å²) in [5.41, 5.74) is 0. The Morgan fingerprint density at radius 3 is 1.96 bits per heavy atom. The summed E-state index contributed by atoms with van der Waals surface area (Å²) in [6, 6.07) is -0.678. The molecule has 1 amide bonds. The molecule has 0 aromatic carbocycles. The molecule has 8 N–H and O–H groups in total. The van der Waals surface area contributed by atoms with Crippen LogP contribution in [0.2, 0.25) is 0 Å². The molecule has 0 spiro atoms. The molecular formula is C36H66N2O11. The molecule has 2 fully saturated rings. The highest BCUT2D eigenvalue weighted by molar-refractivity contribution is 5.79. The molecule has 0 radical (unpaired) electrons. The lowest BCUT2D eigenvalue weighted by Gasteiger charge is -2.42. The molecule has 0 saturated heterocycles. The molecule has 0 bridgehead atoms. The van der Waals surface area contributed by atoms with E-state index >= 15 is 0 Å². The summed E-state index contributed by atoms with van der Waals surface area (Å²) in [6.07, 6.45) is 6.66. The van der Waals surface area contributed by atoms with E-state index in [2.05, 4.69) is 17.6 Å². The first-order valence-electron chi connectivity index (χ1n) is 18.8. The first-order chi connectivity index (χ1) is 23.4. The van der Waals surface area contributed by atoms with Crippen molar-refractivity contribution < 1.29 is 54.5 Å². The number of rotatable bonds is 25. The summed E-state index contributed by atoms with van der Waals surface area (Å²) in [5.74, 6) is -5.44. The van der Waals surface area contributed by atoms with Gasteiger partial charge < -0.3 is 50.7 Å². The van der Waals surface area contributed by atoms with Crippen LogP contribution in [0.1, 0.15) is 124 Å². The third-order valence-electron chi connectivity index (χ3n) is 10.0. The van der Waals surface area contributed by atoms with Crippen molar-refractivity contribution in [2.24, 2.45) is 17.8 Å². The van der Waals surface area contributed by atoms with E-state index < -0.39 is 78.3 Å². The number of aliphatic hydroxyl groups excluding tert-OH is 4. The van der Waals surface area contributed by atoms with Crippen molar-refractivity contribution in [3.63, 3.8) is 0 Å². The zero-order valence-corrected chi connectivity index (χ0v) is 30.0. The number of carbonyl (C=O) groups is 3. The standard InChI is InChI=1S/C36H66N2O11/c1-4-5-6-7-8-9-10-11-12-15-18-48-25-20-27(35(44)45)33(29(39)21-25)49-22-24-19-26(31(41)32(42)30(24)40)34(43)37-17-14-13-16-28(36(46)47)38-23(2)3/h23-33,38-42H,4-22H2,1-3H3,(H,37,43)(H,44,45)(H,46,47)/t24-,25?,26-,27-,28-,29+,30-,31+,32+,33+/m0/s1. The van der Waals surface area contributed by atoms with Gasteiger partial charge in [0, 0.05) is 31.5 Å². The number of aliphatic hydroxyl groups is 4. The van der Waals surface area contributed by atoms with E-state index in [1.807, 2.05) is 13.8 Å². The van der Waals surface area contributed by atoms with Crippen molar-refractivity contribution in [3.05, 3.63) is 0 Å². The van der Waals surface area contributed by atoms with Crippen LogP contribution in [0, 0.1) is 17.8 Å². The highest BCUT2D eigenvalue weighted by Gasteiger charge is 2.47. The van der Waals surface area contributed by atoms with Gasteiger partial charge in [0.05, 0.1) is 49.0 Å². The third-order valence-corrected chi connectivity index (χ3v) is 10.0. The van der Waals surface area contributed by atoms with Crippen molar-refractivity contribution in [2.45, 2.75) is 172 Å². The predicted octanol–water partition coefficient (Wildman–Crippen LogP) is 2.99. The van der Waals surface area contributed by atoms with Gasteiger partial charge in [-0.05, 0) is 38.5 Å². The topological polar surface area (TPSA) is 215 Å². The van der Waals surface area contributed by atoms with Gasteiger partial charge >= 0.3 is 11.9 Å². The Bertz CT molecular complexity index is 954. The molecule has 0 aromatic heterocycles. The summed E-state index contributed by atoms with van der Waals surface area (Å²) in [4.78, 5) is 36.6. The molecule has 1 unspecified atom stereocenters. The van der Waals surface area contributed by atoms with Gasteiger partial charge in [0.25, 0.3) is 0 Å². The number of hydrogen-bond donors (Lipinski definition) is 8. The minimum atomic E-state index is -1.62. The number of carbonyl (C=O) groups excluding carboxylic acids is 1. The second kappa shape index (κ2) is 23.6. The van der Waals surface area contributed by atoms with E-state index in [9.17, 15) is 45.0 Å².